The van der Waals surface area contributed by atoms with Crippen molar-refractivity contribution in [1.82, 2.24) is 0 Å². The number of nitrogens with zero attached hydrogens (tertiary/aromatic N) is 1. The van der Waals surface area contributed by atoms with E-state index in [1.807, 2.05) is 30.3 Å². The van der Waals surface area contributed by atoms with Gasteiger partial charge in [-0.05, 0) is 0 Å². The van der Waals surface area contributed by atoms with Crippen molar-refractivity contribution in [2.24, 2.45) is 2.87 Å². The van der Waals surface area contributed by atoms with Crippen molar-refractivity contribution >= 4 is 22.7 Å². The second-order valence-electron chi connectivity index (χ2n) is 1.69. The van der Waals surface area contributed by atoms with E-state index in [9.17, 15) is 0 Å². The molecule has 0 aliphatic rings. The summed E-state index contributed by atoms with van der Waals surface area (Å²) >= 11 is -2.31. The molecule has 0 saturated heterocycles. The zero-order valence-electron chi connectivity index (χ0n) is 5.09. The monoisotopic (exact) mass is 251 g/mol. The van der Waals surface area contributed by atoms with Crippen LogP contribution in [-0.4, -0.2) is 0 Å². The van der Waals surface area contributed by atoms with Crippen LogP contribution in [0.2, 0.25) is 0 Å². The number of hydrogen-bond acceptors (Lipinski definition) is 1. The summed E-state index contributed by atoms with van der Waals surface area (Å²) in [6, 6.07) is 9.55. The molecule has 52 valence electrons. The zero-order chi connectivity index (χ0) is 7.40. The van der Waals surface area contributed by atoms with Crippen LogP contribution in [0.3, 0.4) is 0 Å². The zero-order valence-corrected chi connectivity index (χ0v) is 9.06. The van der Waals surface area contributed by atoms with Gasteiger partial charge in [0.25, 0.3) is 0 Å². The van der Waals surface area contributed by atoms with Gasteiger partial charge in [0.1, 0.15) is 0 Å². The van der Waals surface area contributed by atoms with Gasteiger partial charge in [0.2, 0.25) is 0 Å². The summed E-state index contributed by atoms with van der Waals surface area (Å²) < 4.78 is 4.09. The van der Waals surface area contributed by atoms with Crippen molar-refractivity contribution in [2.75, 3.05) is 0 Å². The van der Waals surface area contributed by atoms with Gasteiger partial charge in [0, 0.05) is 0 Å². The Morgan fingerprint density at radius 1 is 1.10 bits per heavy atom. The van der Waals surface area contributed by atoms with Gasteiger partial charge in [-0.1, -0.05) is 0 Å². The first kappa shape index (κ1) is 8.58. The van der Waals surface area contributed by atoms with Crippen molar-refractivity contribution in [3.05, 3.63) is 30.3 Å². The molecule has 0 atom stereocenters. The van der Waals surface area contributed by atoms with E-state index in [0.717, 1.165) is 5.69 Å². The van der Waals surface area contributed by atoms with E-state index in [4.69, 9.17) is 17.0 Å². The first-order valence-corrected chi connectivity index (χ1v) is 10.2. The molecule has 0 radical (unpaired) electrons. The fourth-order valence-electron chi connectivity index (χ4n) is 0.600. The normalized spacial score (nSPS) is 9.00. The fourth-order valence-corrected chi connectivity index (χ4v) is 2.60. The molecule has 0 heterocycles. The molecule has 0 aliphatic carbocycles. The molecule has 0 spiro atoms. The van der Waals surface area contributed by atoms with Crippen molar-refractivity contribution in [1.29, 1.82) is 0 Å². The maximum absolute atomic E-state index is 5.61. The average Bonchev–Trinajstić information content (AvgIpc) is 1.88. The van der Waals surface area contributed by atoms with E-state index in [0.29, 0.717) is 0 Å². The Morgan fingerprint density at radius 3 is 2.20 bits per heavy atom. The molecule has 0 amide bonds. The van der Waals surface area contributed by atoms with Gasteiger partial charge in [0.05, 0.1) is 0 Å². The Bertz CT molecular complexity index is 231. The van der Waals surface area contributed by atoms with E-state index in [1.54, 1.807) is 0 Å². The van der Waals surface area contributed by atoms with Crippen LogP contribution in [0, 0.1) is 0 Å². The van der Waals surface area contributed by atoms with Crippen molar-refractivity contribution < 1.29 is 19.2 Å². The van der Waals surface area contributed by atoms with E-state index in [2.05, 4.69) is 2.87 Å². The number of benzene rings is 1. The van der Waals surface area contributed by atoms with Crippen molar-refractivity contribution in [2.45, 2.75) is 0 Å². The van der Waals surface area contributed by atoms with E-state index < -0.39 is 19.2 Å². The van der Waals surface area contributed by atoms with Crippen LogP contribution in [0.25, 0.3) is 0 Å². The SMILES string of the molecule is [Cl][Zr]([Cl])=[N]c1ccccc1. The van der Waals surface area contributed by atoms with Crippen LogP contribution in [0.5, 0.6) is 0 Å². The topological polar surface area (TPSA) is 12.4 Å². The quantitative estimate of drug-likeness (QED) is 0.727. The van der Waals surface area contributed by atoms with Gasteiger partial charge < -0.3 is 0 Å². The second-order valence-corrected chi connectivity index (χ2v) is 8.80. The molecule has 10 heavy (non-hydrogen) atoms. The van der Waals surface area contributed by atoms with E-state index in [1.165, 1.54) is 0 Å². The molecule has 1 nitrogen and oxygen atoms in total. The summed E-state index contributed by atoms with van der Waals surface area (Å²) in [5.41, 5.74) is 0.891. The van der Waals surface area contributed by atoms with Gasteiger partial charge >= 0.3 is 75.1 Å². The number of hydrogen-bond donors (Lipinski definition) is 0. The summed E-state index contributed by atoms with van der Waals surface area (Å²) in [4.78, 5) is 0. The van der Waals surface area contributed by atoms with E-state index in [-0.39, 0.29) is 0 Å². The Balaban J connectivity index is 2.87. The molecule has 0 saturated carbocycles. The van der Waals surface area contributed by atoms with Crippen LogP contribution in [-0.2, 0) is 19.2 Å². The molecule has 0 aliphatic heterocycles. The fraction of sp³-hybridized carbons (Fsp3) is 0. The standard InChI is InChI=1S/C6H5N.2ClH.Zr/c7-6-4-2-1-3-5-6;;;/h1-5H;2*1H;/q;;;+2/p-2. The molecule has 0 fully saturated rings. The first-order chi connectivity index (χ1) is 4.79. The molecular formula is C6H5Cl2NZr. The minimum absolute atomic E-state index is 0.891. The molecule has 1 aromatic carbocycles. The summed E-state index contributed by atoms with van der Waals surface area (Å²) in [5.74, 6) is 0. The Kier molecular flexibility index (Phi) is 3.76. The predicted octanol–water partition coefficient (Wildman–Crippen LogP) is 3.43. The third-order valence-electron chi connectivity index (χ3n) is 0.970. The number of rotatable bonds is 1. The molecular weight excluding hydrogens is 248 g/mol. The van der Waals surface area contributed by atoms with Gasteiger partial charge in [-0.15, -0.1) is 0 Å². The summed E-state index contributed by atoms with van der Waals surface area (Å²) in [6.07, 6.45) is 0. The van der Waals surface area contributed by atoms with Crippen molar-refractivity contribution in [3.63, 3.8) is 0 Å². The Labute approximate surface area is 74.7 Å². The Morgan fingerprint density at radius 2 is 1.70 bits per heavy atom. The molecule has 0 aromatic heterocycles. The second kappa shape index (κ2) is 4.38. The summed E-state index contributed by atoms with van der Waals surface area (Å²) in [6.45, 7) is 0. The van der Waals surface area contributed by atoms with Gasteiger partial charge in [-0.3, -0.25) is 0 Å². The Hall–Kier alpha value is 0.483. The maximum atomic E-state index is 5.61. The molecule has 1 aromatic rings. The summed E-state index contributed by atoms with van der Waals surface area (Å²) in [5, 5.41) is 0. The minimum atomic E-state index is -2.31. The average molecular weight is 253 g/mol. The van der Waals surface area contributed by atoms with Crippen LogP contribution in [0.1, 0.15) is 0 Å². The third-order valence-corrected chi connectivity index (χ3v) is 3.02. The predicted molar refractivity (Wildman–Crippen MR) is 40.2 cm³/mol. The third kappa shape index (κ3) is 3.05. The van der Waals surface area contributed by atoms with E-state index >= 15 is 0 Å². The van der Waals surface area contributed by atoms with Crippen LogP contribution >= 0.6 is 17.0 Å². The number of halogens is 2. The van der Waals surface area contributed by atoms with Crippen LogP contribution in [0.4, 0.5) is 5.69 Å². The van der Waals surface area contributed by atoms with Crippen LogP contribution in [0.15, 0.2) is 33.2 Å². The molecule has 0 N–H and O–H groups in total. The van der Waals surface area contributed by atoms with Crippen molar-refractivity contribution in [3.8, 4) is 0 Å². The first-order valence-electron chi connectivity index (χ1n) is 2.74. The molecule has 0 unspecified atom stereocenters. The van der Waals surface area contributed by atoms with Gasteiger partial charge in [-0.2, -0.15) is 0 Å². The molecule has 4 heteroatoms. The van der Waals surface area contributed by atoms with Gasteiger partial charge in [0.15, 0.2) is 0 Å². The van der Waals surface area contributed by atoms with Gasteiger partial charge in [-0.25, -0.2) is 0 Å². The van der Waals surface area contributed by atoms with Crippen LogP contribution < -0.4 is 0 Å². The molecule has 0 bridgehead atoms. The summed E-state index contributed by atoms with van der Waals surface area (Å²) in [7, 11) is 11.2. The molecule has 1 rings (SSSR count).